The van der Waals surface area contributed by atoms with Gasteiger partial charge in [-0.05, 0) is 66.7 Å². The molecule has 13 heteroatoms. The first-order valence-corrected chi connectivity index (χ1v) is 15.5. The van der Waals surface area contributed by atoms with E-state index in [1.165, 1.54) is 16.7 Å². The Morgan fingerprint density at radius 2 is 1.79 bits per heavy atom. The van der Waals surface area contributed by atoms with Gasteiger partial charge in [0.2, 0.25) is 11.8 Å². The Morgan fingerprint density at radius 3 is 2.50 bits per heavy atom. The molecule has 3 heterocycles. The van der Waals surface area contributed by atoms with Crippen LogP contribution >= 0.6 is 50.6 Å². The Morgan fingerprint density at radius 1 is 1.05 bits per heavy atom. The van der Waals surface area contributed by atoms with Gasteiger partial charge in [-0.3, -0.25) is 19.2 Å². The van der Waals surface area contributed by atoms with Crippen LogP contribution in [0, 0.1) is 5.92 Å². The Labute approximate surface area is 261 Å². The van der Waals surface area contributed by atoms with Crippen molar-refractivity contribution >= 4 is 79.7 Å². The van der Waals surface area contributed by atoms with Crippen molar-refractivity contribution in [2.75, 3.05) is 23.9 Å². The Hall–Kier alpha value is -3.58. The summed E-state index contributed by atoms with van der Waals surface area (Å²) in [5, 5.41) is 3.02. The van der Waals surface area contributed by atoms with Crippen LogP contribution in [-0.2, 0) is 14.4 Å². The number of carbonyl (C=O) groups excluding carboxylic acids is 3. The predicted molar refractivity (Wildman–Crippen MR) is 165 cm³/mol. The number of aromatic amines is 1. The Kier molecular flexibility index (Phi) is 7.88. The number of imide groups is 1. The lowest BCUT2D eigenvalue weighted by molar-refractivity contribution is -0.122. The first-order chi connectivity index (χ1) is 20.2. The molecule has 0 bridgehead atoms. The predicted octanol–water partition coefficient (Wildman–Crippen LogP) is 5.67. The minimum Gasteiger partial charge on any atom is -0.497 e. The number of carbonyl (C=O) groups is 3. The molecule has 0 saturated carbocycles. The second-order valence-electron chi connectivity index (χ2n) is 9.49. The van der Waals surface area contributed by atoms with Crippen LogP contribution in [0.2, 0.25) is 5.02 Å². The quantitative estimate of drug-likeness (QED) is 0.241. The number of nitrogens with one attached hydrogen (secondary N) is 2. The van der Waals surface area contributed by atoms with Gasteiger partial charge in [0.1, 0.15) is 16.7 Å². The van der Waals surface area contributed by atoms with E-state index in [1.807, 2.05) is 0 Å². The summed E-state index contributed by atoms with van der Waals surface area (Å²) in [5.41, 5.74) is 1.57. The van der Waals surface area contributed by atoms with Gasteiger partial charge in [-0.25, -0.2) is 4.90 Å². The molecular weight excluding hydrogens is 666 g/mol. The number of H-pyrrole nitrogens is 1. The summed E-state index contributed by atoms with van der Waals surface area (Å²) in [4.78, 5) is 57.3. The molecule has 0 radical (unpaired) electrons. The number of benzene rings is 3. The SMILES string of the molecule is COc1ccc(NC(=O)COc2ccc(Br)cc2[C@@H]2c3sc(=O)[nH]c3S[C@H]3C(=O)N(c4ccc(Cl)cc4)C(=O)[C@@H]23)cc1. The van der Waals surface area contributed by atoms with E-state index in [-0.39, 0.29) is 29.2 Å². The number of fused-ring (bicyclic) bond motifs is 2. The average molecular weight is 687 g/mol. The van der Waals surface area contributed by atoms with Crippen molar-refractivity contribution in [2.45, 2.75) is 16.2 Å². The highest BCUT2D eigenvalue weighted by atomic mass is 79.9. The largest absolute Gasteiger partial charge is 0.497 e. The molecule has 0 spiro atoms. The number of hydrogen-bond acceptors (Lipinski definition) is 8. The third-order valence-corrected chi connectivity index (χ3v) is 10.1. The number of nitrogens with zero attached hydrogens (tertiary/aromatic N) is 1. The second kappa shape index (κ2) is 11.6. The molecule has 214 valence electrons. The van der Waals surface area contributed by atoms with Crippen LogP contribution in [0.15, 0.2) is 81.0 Å². The third kappa shape index (κ3) is 5.35. The number of thiazole rings is 1. The number of hydrogen-bond donors (Lipinski definition) is 2. The molecule has 2 N–H and O–H groups in total. The third-order valence-electron chi connectivity index (χ3n) is 6.95. The summed E-state index contributed by atoms with van der Waals surface area (Å²) in [6.45, 7) is -0.309. The molecule has 3 atom stereocenters. The zero-order valence-electron chi connectivity index (χ0n) is 21.8. The molecule has 0 aliphatic carbocycles. The highest BCUT2D eigenvalue weighted by Crippen LogP contribution is 2.54. The maximum atomic E-state index is 14.0. The van der Waals surface area contributed by atoms with Crippen molar-refractivity contribution in [1.29, 1.82) is 0 Å². The molecule has 2 aliphatic heterocycles. The fourth-order valence-electron chi connectivity index (χ4n) is 5.11. The first-order valence-electron chi connectivity index (χ1n) is 12.6. The van der Waals surface area contributed by atoms with Crippen LogP contribution < -0.4 is 24.6 Å². The zero-order chi connectivity index (χ0) is 29.5. The molecule has 0 unspecified atom stereocenters. The number of anilines is 2. The molecule has 1 fully saturated rings. The Balaban J connectivity index is 1.34. The number of amides is 3. The molecule has 1 aromatic heterocycles. The lowest BCUT2D eigenvalue weighted by Gasteiger charge is -2.31. The summed E-state index contributed by atoms with van der Waals surface area (Å²) in [5.74, 6) is -1.64. The van der Waals surface area contributed by atoms with Gasteiger partial charge in [0.25, 0.3) is 5.91 Å². The summed E-state index contributed by atoms with van der Waals surface area (Å²) >= 11 is 11.7. The molecule has 3 aromatic carbocycles. The van der Waals surface area contributed by atoms with E-state index in [1.54, 1.807) is 73.8 Å². The number of thioether (sulfide) groups is 1. The monoisotopic (exact) mass is 685 g/mol. The van der Waals surface area contributed by atoms with Crippen molar-refractivity contribution < 1.29 is 23.9 Å². The fourth-order valence-corrected chi connectivity index (χ4v) is 8.12. The lowest BCUT2D eigenvalue weighted by atomic mass is 9.82. The van der Waals surface area contributed by atoms with Gasteiger partial charge in [0, 0.05) is 31.5 Å². The normalized spacial score (nSPS) is 19.3. The minimum atomic E-state index is -0.818. The summed E-state index contributed by atoms with van der Waals surface area (Å²) in [7, 11) is 1.56. The van der Waals surface area contributed by atoms with Crippen molar-refractivity contribution in [3.63, 3.8) is 0 Å². The molecule has 3 amide bonds. The van der Waals surface area contributed by atoms with Gasteiger partial charge in [-0.1, -0.05) is 50.6 Å². The van der Waals surface area contributed by atoms with E-state index < -0.39 is 17.1 Å². The standard InChI is InChI=1S/C29H21BrClN3O6S2/c1-39-18-9-5-16(6-10-18)32-21(35)13-40-20-11-2-14(30)12-19(20)22-23-25(41-26-24(22)42-29(38)33-26)28(37)34(27(23)36)17-7-3-15(31)4-8-17/h2-12,22-23,25H,13H2,1H3,(H,32,35)(H,33,38)/t22-,23-,25+/m0/s1. The molecule has 4 aromatic rings. The first kappa shape index (κ1) is 28.5. The van der Waals surface area contributed by atoms with Crippen LogP contribution in [0.5, 0.6) is 11.5 Å². The molecular formula is C29H21BrClN3O6S2. The molecule has 9 nitrogen and oxygen atoms in total. The van der Waals surface area contributed by atoms with Gasteiger partial charge in [-0.2, -0.15) is 0 Å². The zero-order valence-corrected chi connectivity index (χ0v) is 25.7. The average Bonchev–Trinajstić information content (AvgIpc) is 3.47. The van der Waals surface area contributed by atoms with Crippen LogP contribution in [0.1, 0.15) is 16.4 Å². The lowest BCUT2D eigenvalue weighted by Crippen LogP contribution is -2.32. The summed E-state index contributed by atoms with van der Waals surface area (Å²) in [6.07, 6.45) is 0. The molecule has 2 aliphatic rings. The van der Waals surface area contributed by atoms with Gasteiger partial charge < -0.3 is 19.8 Å². The van der Waals surface area contributed by atoms with Gasteiger partial charge in [0.15, 0.2) is 6.61 Å². The topological polar surface area (TPSA) is 118 Å². The summed E-state index contributed by atoms with van der Waals surface area (Å²) < 4.78 is 11.9. The van der Waals surface area contributed by atoms with Gasteiger partial charge in [0.05, 0.1) is 23.7 Å². The van der Waals surface area contributed by atoms with Crippen LogP contribution in [0.4, 0.5) is 11.4 Å². The van der Waals surface area contributed by atoms with Gasteiger partial charge in [-0.15, -0.1) is 0 Å². The minimum absolute atomic E-state index is 0.289. The summed E-state index contributed by atoms with van der Waals surface area (Å²) in [6, 6.07) is 18.6. The van der Waals surface area contributed by atoms with E-state index in [9.17, 15) is 19.2 Å². The number of methoxy groups -OCH3 is 1. The second-order valence-corrected chi connectivity index (χ2v) is 13.0. The van der Waals surface area contributed by atoms with E-state index >= 15 is 0 Å². The highest BCUT2D eigenvalue weighted by Gasteiger charge is 2.56. The number of ether oxygens (including phenoxy) is 2. The van der Waals surface area contributed by atoms with E-state index in [2.05, 4.69) is 26.2 Å². The molecule has 42 heavy (non-hydrogen) atoms. The number of halogens is 2. The van der Waals surface area contributed by atoms with Crippen molar-refractivity contribution in [3.8, 4) is 11.5 Å². The highest BCUT2D eigenvalue weighted by molar-refractivity contribution is 9.10. The van der Waals surface area contributed by atoms with E-state index in [0.29, 0.717) is 47.8 Å². The maximum absolute atomic E-state index is 14.0. The van der Waals surface area contributed by atoms with Crippen LogP contribution in [0.25, 0.3) is 0 Å². The van der Waals surface area contributed by atoms with Crippen molar-refractivity contribution in [2.24, 2.45) is 5.92 Å². The van der Waals surface area contributed by atoms with E-state index in [0.717, 1.165) is 11.3 Å². The number of rotatable bonds is 7. The number of aromatic nitrogens is 1. The van der Waals surface area contributed by atoms with Crippen LogP contribution in [0.3, 0.4) is 0 Å². The van der Waals surface area contributed by atoms with E-state index in [4.69, 9.17) is 21.1 Å². The van der Waals surface area contributed by atoms with Crippen LogP contribution in [-0.4, -0.2) is 41.7 Å². The smallest absolute Gasteiger partial charge is 0.305 e. The maximum Gasteiger partial charge on any atom is 0.305 e. The fraction of sp³-hybridized carbons (Fsp3) is 0.172. The van der Waals surface area contributed by atoms with Crippen molar-refractivity contribution in [3.05, 3.63) is 96.3 Å². The molecule has 6 rings (SSSR count). The van der Waals surface area contributed by atoms with Gasteiger partial charge >= 0.3 is 4.87 Å². The molecule has 1 saturated heterocycles. The Bertz CT molecular complexity index is 1760. The van der Waals surface area contributed by atoms with Crippen molar-refractivity contribution in [1.82, 2.24) is 4.98 Å².